The summed E-state index contributed by atoms with van der Waals surface area (Å²) in [7, 11) is -2.02. The molecule has 1 N–H and O–H groups in total. The first-order chi connectivity index (χ1) is 16.1. The molecule has 1 amide bonds. The number of hydrogen-bond donors (Lipinski definition) is 1. The first kappa shape index (κ1) is 26.8. The van der Waals surface area contributed by atoms with E-state index in [1.807, 2.05) is 24.3 Å². The number of halogens is 2. The van der Waals surface area contributed by atoms with E-state index in [2.05, 4.69) is 19.2 Å². The Balaban J connectivity index is 1.70. The third kappa shape index (κ3) is 7.11. The molecule has 0 saturated carbocycles. The quantitative estimate of drug-likeness (QED) is 0.471. The van der Waals surface area contributed by atoms with Crippen LogP contribution in [-0.2, 0) is 20.6 Å². The maximum Gasteiger partial charge on any atom is 0.224 e. The van der Waals surface area contributed by atoms with Crippen LogP contribution in [0.2, 0.25) is 10.0 Å². The van der Waals surface area contributed by atoms with Crippen molar-refractivity contribution < 1.29 is 17.9 Å². The molecule has 0 aliphatic carbocycles. The summed E-state index contributed by atoms with van der Waals surface area (Å²) in [4.78, 5) is 13.2. The fraction of sp³-hybridized carbons (Fsp3) is 0.480. The molecule has 0 bridgehead atoms. The fourth-order valence-electron chi connectivity index (χ4n) is 4.21. The molecule has 0 radical (unpaired) electrons. The van der Waals surface area contributed by atoms with Crippen molar-refractivity contribution in [2.24, 2.45) is 11.8 Å². The summed E-state index contributed by atoms with van der Waals surface area (Å²) in [5, 5.41) is 3.94. The van der Waals surface area contributed by atoms with E-state index in [1.165, 1.54) is 10.4 Å². The van der Waals surface area contributed by atoms with E-state index in [1.54, 1.807) is 19.2 Å². The highest BCUT2D eigenvalue weighted by Gasteiger charge is 2.33. The monoisotopic (exact) mass is 526 g/mol. The molecule has 1 aliphatic rings. The third-order valence-electron chi connectivity index (χ3n) is 6.04. The highest BCUT2D eigenvalue weighted by Crippen LogP contribution is 2.28. The summed E-state index contributed by atoms with van der Waals surface area (Å²) in [6.07, 6.45) is 2.06. The molecule has 34 heavy (non-hydrogen) atoms. The molecule has 186 valence electrons. The second-order valence-corrected chi connectivity index (χ2v) is 12.0. The van der Waals surface area contributed by atoms with Gasteiger partial charge in [-0.2, -0.15) is 0 Å². The number of rotatable bonds is 9. The smallest absolute Gasteiger partial charge is 0.224 e. The number of hydrogen-bond acceptors (Lipinski definition) is 4. The van der Waals surface area contributed by atoms with Gasteiger partial charge in [-0.15, -0.1) is 0 Å². The second kappa shape index (κ2) is 11.8. The number of sulfonamides is 1. The Labute approximate surface area is 212 Å². The van der Waals surface area contributed by atoms with Gasteiger partial charge in [0.2, 0.25) is 15.9 Å². The lowest BCUT2D eigenvalue weighted by Gasteiger charge is -2.32. The van der Waals surface area contributed by atoms with E-state index >= 15 is 0 Å². The predicted octanol–water partition coefficient (Wildman–Crippen LogP) is 5.45. The Morgan fingerprint density at radius 1 is 1.18 bits per heavy atom. The lowest BCUT2D eigenvalue weighted by Crippen LogP contribution is -2.46. The number of carbonyl (C=O) groups is 1. The molecule has 0 unspecified atom stereocenters. The largest absolute Gasteiger partial charge is 0.497 e. The Bertz CT molecular complexity index is 1090. The van der Waals surface area contributed by atoms with Crippen molar-refractivity contribution in [3.8, 4) is 5.75 Å². The van der Waals surface area contributed by atoms with E-state index in [9.17, 15) is 13.2 Å². The summed E-state index contributed by atoms with van der Waals surface area (Å²) in [6, 6.07) is 12.3. The summed E-state index contributed by atoms with van der Waals surface area (Å²) >= 11 is 12.1. The number of carbonyl (C=O) groups excluding carboxylic acids is 1. The van der Waals surface area contributed by atoms with Crippen LogP contribution in [0.1, 0.15) is 50.3 Å². The Kier molecular flexibility index (Phi) is 9.27. The van der Waals surface area contributed by atoms with E-state index in [4.69, 9.17) is 27.9 Å². The molecule has 1 aliphatic heterocycles. The minimum Gasteiger partial charge on any atom is -0.497 e. The van der Waals surface area contributed by atoms with Crippen LogP contribution in [0, 0.1) is 11.8 Å². The average Bonchev–Trinajstić information content (AvgIpc) is 2.80. The van der Waals surface area contributed by atoms with E-state index < -0.39 is 15.9 Å². The van der Waals surface area contributed by atoms with E-state index in [0.29, 0.717) is 40.9 Å². The van der Waals surface area contributed by atoms with Crippen molar-refractivity contribution in [1.82, 2.24) is 9.62 Å². The Morgan fingerprint density at radius 3 is 2.50 bits per heavy atom. The second-order valence-electron chi connectivity index (χ2n) is 9.15. The minimum atomic E-state index is -3.63. The van der Waals surface area contributed by atoms with Gasteiger partial charge in [-0.1, -0.05) is 55.2 Å². The van der Waals surface area contributed by atoms with E-state index in [-0.39, 0.29) is 24.2 Å². The predicted molar refractivity (Wildman–Crippen MR) is 137 cm³/mol. The molecule has 3 rings (SSSR count). The molecular weight excluding hydrogens is 495 g/mol. The zero-order valence-corrected chi connectivity index (χ0v) is 22.1. The topological polar surface area (TPSA) is 75.7 Å². The zero-order valence-electron chi connectivity index (χ0n) is 19.8. The standard InChI is InChI=1S/C25H32Cl2N2O4S/c1-17(2)13-24(18-7-10-22(33-3)11-8-18)28-25(30)19-5-4-12-29(15-19)34(31,32)16-20-6-9-21(26)14-23(20)27/h6-11,14,17,19,24H,4-5,12-13,15-16H2,1-3H3,(H,28,30)/t19-,24-/m0/s1. The maximum atomic E-state index is 13.2. The Hall–Kier alpha value is -1.80. The number of benzene rings is 2. The van der Waals surface area contributed by atoms with Crippen molar-refractivity contribution in [2.45, 2.75) is 44.9 Å². The van der Waals surface area contributed by atoms with Crippen LogP contribution >= 0.6 is 23.2 Å². The van der Waals surface area contributed by atoms with Gasteiger partial charge in [-0.05, 0) is 60.6 Å². The van der Waals surface area contributed by atoms with Gasteiger partial charge in [0.1, 0.15) is 5.75 Å². The van der Waals surface area contributed by atoms with Crippen LogP contribution in [0.3, 0.4) is 0 Å². The minimum absolute atomic E-state index is 0.120. The summed E-state index contributed by atoms with van der Waals surface area (Å²) < 4.78 is 32.9. The number of nitrogens with one attached hydrogen (secondary N) is 1. The molecule has 1 fully saturated rings. The zero-order chi connectivity index (χ0) is 24.9. The number of methoxy groups -OCH3 is 1. The van der Waals surface area contributed by atoms with Crippen LogP contribution in [0.25, 0.3) is 0 Å². The molecule has 9 heteroatoms. The average molecular weight is 528 g/mol. The first-order valence-corrected chi connectivity index (χ1v) is 13.8. The van der Waals surface area contributed by atoms with Gasteiger partial charge in [0.15, 0.2) is 0 Å². The van der Waals surface area contributed by atoms with Crippen molar-refractivity contribution in [3.05, 3.63) is 63.6 Å². The highest BCUT2D eigenvalue weighted by atomic mass is 35.5. The van der Waals surface area contributed by atoms with E-state index in [0.717, 1.165) is 17.7 Å². The van der Waals surface area contributed by atoms with Gasteiger partial charge in [0.05, 0.1) is 24.8 Å². The van der Waals surface area contributed by atoms with Crippen LogP contribution in [0.4, 0.5) is 0 Å². The SMILES string of the molecule is COc1ccc([C@H](CC(C)C)NC(=O)[C@H]2CCCN(S(=O)(=O)Cc3ccc(Cl)cc3Cl)C2)cc1. The van der Waals surface area contributed by atoms with Crippen molar-refractivity contribution in [1.29, 1.82) is 0 Å². The lowest BCUT2D eigenvalue weighted by molar-refractivity contribution is -0.127. The van der Waals surface area contributed by atoms with Crippen molar-refractivity contribution in [2.75, 3.05) is 20.2 Å². The molecule has 1 saturated heterocycles. The summed E-state index contributed by atoms with van der Waals surface area (Å²) in [5.74, 6) is 0.383. The van der Waals surface area contributed by atoms with Crippen LogP contribution in [-0.4, -0.2) is 38.8 Å². The van der Waals surface area contributed by atoms with Crippen LogP contribution in [0.5, 0.6) is 5.75 Å². The van der Waals surface area contributed by atoms with Gasteiger partial charge in [0, 0.05) is 23.1 Å². The number of nitrogens with zero attached hydrogens (tertiary/aromatic N) is 1. The third-order valence-corrected chi connectivity index (χ3v) is 8.42. The van der Waals surface area contributed by atoms with Gasteiger partial charge < -0.3 is 10.1 Å². The van der Waals surface area contributed by atoms with Crippen molar-refractivity contribution >= 4 is 39.1 Å². The van der Waals surface area contributed by atoms with Gasteiger partial charge in [-0.25, -0.2) is 12.7 Å². The fourth-order valence-corrected chi connectivity index (χ4v) is 6.41. The van der Waals surface area contributed by atoms with Crippen LogP contribution in [0.15, 0.2) is 42.5 Å². The maximum absolute atomic E-state index is 13.2. The molecule has 0 aromatic heterocycles. The molecule has 2 aromatic rings. The molecule has 1 heterocycles. The van der Waals surface area contributed by atoms with Crippen LogP contribution < -0.4 is 10.1 Å². The molecule has 2 aromatic carbocycles. The van der Waals surface area contributed by atoms with Crippen molar-refractivity contribution in [3.63, 3.8) is 0 Å². The molecule has 0 spiro atoms. The first-order valence-electron chi connectivity index (χ1n) is 11.4. The molecular formula is C25H32Cl2N2O4S. The lowest BCUT2D eigenvalue weighted by atomic mass is 9.94. The highest BCUT2D eigenvalue weighted by molar-refractivity contribution is 7.88. The summed E-state index contributed by atoms with van der Waals surface area (Å²) in [5.41, 5.74) is 1.50. The Morgan fingerprint density at radius 2 is 1.88 bits per heavy atom. The molecule has 6 nitrogen and oxygen atoms in total. The van der Waals surface area contributed by atoms with Gasteiger partial charge in [-0.3, -0.25) is 4.79 Å². The number of ether oxygens (including phenoxy) is 1. The normalized spacial score (nSPS) is 18.0. The number of amides is 1. The van der Waals surface area contributed by atoms with Gasteiger partial charge >= 0.3 is 0 Å². The summed E-state index contributed by atoms with van der Waals surface area (Å²) in [6.45, 7) is 4.78. The molecule has 2 atom stereocenters. The van der Waals surface area contributed by atoms with Gasteiger partial charge in [0.25, 0.3) is 0 Å². The number of piperidine rings is 1.